The van der Waals surface area contributed by atoms with Crippen molar-refractivity contribution in [1.29, 1.82) is 0 Å². The van der Waals surface area contributed by atoms with Crippen molar-refractivity contribution in [2.24, 2.45) is 0 Å². The summed E-state index contributed by atoms with van der Waals surface area (Å²) in [4.78, 5) is 10.4. The maximum absolute atomic E-state index is 13.2. The van der Waals surface area contributed by atoms with E-state index in [1.165, 1.54) is 0 Å². The summed E-state index contributed by atoms with van der Waals surface area (Å²) < 4.78 is 18.4. The molecule has 6 heteroatoms. The zero-order valence-corrected chi connectivity index (χ0v) is 11.5. The molecule has 2 aromatic rings. The van der Waals surface area contributed by atoms with E-state index in [0.29, 0.717) is 13.0 Å². The van der Waals surface area contributed by atoms with Gasteiger partial charge in [0.15, 0.2) is 0 Å². The van der Waals surface area contributed by atoms with Gasteiger partial charge in [0.05, 0.1) is 12.0 Å². The van der Waals surface area contributed by atoms with Crippen molar-refractivity contribution in [3.63, 3.8) is 0 Å². The van der Waals surface area contributed by atoms with Gasteiger partial charge in [-0.1, -0.05) is 18.2 Å². The van der Waals surface area contributed by atoms with Gasteiger partial charge in [0.1, 0.15) is 17.3 Å². The standard InChI is InChI=1S/C15H15FN2O3/c1-21-15-5-3-2-4-11(15)8-9-17-13-10-12(16)6-7-14(13)18(19)20/h2-7,10,17H,8-9H2,1H3. The average Bonchev–Trinajstić information content (AvgIpc) is 2.47. The normalized spacial score (nSPS) is 10.2. The van der Waals surface area contributed by atoms with Crippen molar-refractivity contribution >= 4 is 11.4 Å². The van der Waals surface area contributed by atoms with E-state index in [9.17, 15) is 14.5 Å². The molecule has 2 aromatic carbocycles. The van der Waals surface area contributed by atoms with Crippen molar-refractivity contribution in [2.45, 2.75) is 6.42 Å². The first kappa shape index (κ1) is 14.8. The van der Waals surface area contributed by atoms with Crippen LogP contribution in [-0.4, -0.2) is 18.6 Å². The molecule has 0 unspecified atom stereocenters. The zero-order chi connectivity index (χ0) is 15.2. The van der Waals surface area contributed by atoms with E-state index in [-0.39, 0.29) is 11.4 Å². The Kier molecular flexibility index (Phi) is 4.71. The molecular formula is C15H15FN2O3. The molecule has 1 N–H and O–H groups in total. The number of ether oxygens (including phenoxy) is 1. The minimum Gasteiger partial charge on any atom is -0.496 e. The second-order valence-corrected chi connectivity index (χ2v) is 4.41. The molecule has 0 saturated heterocycles. The zero-order valence-electron chi connectivity index (χ0n) is 11.5. The van der Waals surface area contributed by atoms with Crippen molar-refractivity contribution in [3.05, 3.63) is 64.0 Å². The highest BCUT2D eigenvalue weighted by Gasteiger charge is 2.14. The first-order valence-electron chi connectivity index (χ1n) is 6.41. The predicted octanol–water partition coefficient (Wildman–Crippen LogP) is 3.40. The van der Waals surface area contributed by atoms with E-state index >= 15 is 0 Å². The molecule has 0 aliphatic carbocycles. The number of para-hydroxylation sites is 1. The molecule has 0 heterocycles. The Morgan fingerprint density at radius 3 is 2.76 bits per heavy atom. The summed E-state index contributed by atoms with van der Waals surface area (Å²) in [6, 6.07) is 10.9. The molecule has 0 fully saturated rings. The number of hydrogen-bond acceptors (Lipinski definition) is 4. The summed E-state index contributed by atoms with van der Waals surface area (Å²) in [7, 11) is 1.59. The van der Waals surface area contributed by atoms with Crippen molar-refractivity contribution < 1.29 is 14.1 Å². The summed E-state index contributed by atoms with van der Waals surface area (Å²) in [6.45, 7) is 0.435. The SMILES string of the molecule is COc1ccccc1CCNc1cc(F)ccc1[N+](=O)[O-]. The van der Waals surface area contributed by atoms with Gasteiger partial charge in [0.2, 0.25) is 0 Å². The average molecular weight is 290 g/mol. The van der Waals surface area contributed by atoms with Gasteiger partial charge in [-0.25, -0.2) is 4.39 Å². The third-order valence-corrected chi connectivity index (χ3v) is 3.06. The van der Waals surface area contributed by atoms with Gasteiger partial charge in [-0.3, -0.25) is 10.1 Å². The van der Waals surface area contributed by atoms with Gasteiger partial charge in [-0.2, -0.15) is 0 Å². The predicted molar refractivity (Wildman–Crippen MR) is 78.2 cm³/mol. The maximum atomic E-state index is 13.2. The van der Waals surface area contributed by atoms with Crippen LogP contribution in [-0.2, 0) is 6.42 Å². The van der Waals surface area contributed by atoms with Crippen LogP contribution in [0.1, 0.15) is 5.56 Å². The van der Waals surface area contributed by atoms with Gasteiger partial charge in [0, 0.05) is 18.7 Å². The lowest BCUT2D eigenvalue weighted by molar-refractivity contribution is -0.384. The van der Waals surface area contributed by atoms with Gasteiger partial charge in [-0.15, -0.1) is 0 Å². The smallest absolute Gasteiger partial charge is 0.292 e. The number of nitro groups is 1. The molecule has 0 amide bonds. The second kappa shape index (κ2) is 6.69. The van der Waals surface area contributed by atoms with Crippen LogP contribution in [0.5, 0.6) is 5.75 Å². The maximum Gasteiger partial charge on any atom is 0.292 e. The Morgan fingerprint density at radius 2 is 2.05 bits per heavy atom. The number of methoxy groups -OCH3 is 1. The Bertz CT molecular complexity index is 647. The lowest BCUT2D eigenvalue weighted by Gasteiger charge is -2.10. The van der Waals surface area contributed by atoms with Crippen LogP contribution in [0.25, 0.3) is 0 Å². The van der Waals surface area contributed by atoms with E-state index in [2.05, 4.69) is 5.32 Å². The fourth-order valence-electron chi connectivity index (χ4n) is 2.05. The quantitative estimate of drug-likeness (QED) is 0.654. The Hall–Kier alpha value is -2.63. The number of halogens is 1. The van der Waals surface area contributed by atoms with E-state index in [1.54, 1.807) is 7.11 Å². The van der Waals surface area contributed by atoms with Crippen LogP contribution >= 0.6 is 0 Å². The molecule has 2 rings (SSSR count). The van der Waals surface area contributed by atoms with Crippen LogP contribution in [0.2, 0.25) is 0 Å². The molecule has 21 heavy (non-hydrogen) atoms. The summed E-state index contributed by atoms with van der Waals surface area (Å²) in [5.41, 5.74) is 1.01. The highest BCUT2D eigenvalue weighted by molar-refractivity contribution is 5.61. The lowest BCUT2D eigenvalue weighted by Crippen LogP contribution is -2.08. The highest BCUT2D eigenvalue weighted by Crippen LogP contribution is 2.25. The molecule has 5 nitrogen and oxygen atoms in total. The Morgan fingerprint density at radius 1 is 1.29 bits per heavy atom. The molecule has 0 spiro atoms. The monoisotopic (exact) mass is 290 g/mol. The summed E-state index contributed by atoms with van der Waals surface area (Å²) in [5, 5.41) is 13.8. The Balaban J connectivity index is 2.07. The molecule has 0 atom stereocenters. The topological polar surface area (TPSA) is 64.4 Å². The third-order valence-electron chi connectivity index (χ3n) is 3.06. The molecule has 0 saturated carbocycles. The van der Waals surface area contributed by atoms with Crippen LogP contribution < -0.4 is 10.1 Å². The molecule has 110 valence electrons. The number of rotatable bonds is 6. The van der Waals surface area contributed by atoms with Gasteiger partial charge >= 0.3 is 0 Å². The van der Waals surface area contributed by atoms with E-state index < -0.39 is 10.7 Å². The number of hydrogen-bond donors (Lipinski definition) is 1. The minimum absolute atomic E-state index is 0.142. The van der Waals surface area contributed by atoms with E-state index in [4.69, 9.17) is 4.74 Å². The number of nitrogens with zero attached hydrogens (tertiary/aromatic N) is 1. The first-order valence-corrected chi connectivity index (χ1v) is 6.41. The van der Waals surface area contributed by atoms with Crippen LogP contribution in [0.4, 0.5) is 15.8 Å². The van der Waals surface area contributed by atoms with Crippen molar-refractivity contribution in [2.75, 3.05) is 19.0 Å². The lowest BCUT2D eigenvalue weighted by atomic mass is 10.1. The van der Waals surface area contributed by atoms with Crippen LogP contribution in [0.15, 0.2) is 42.5 Å². The fraction of sp³-hybridized carbons (Fsp3) is 0.200. The van der Waals surface area contributed by atoms with E-state index in [1.807, 2.05) is 24.3 Å². The van der Waals surface area contributed by atoms with Gasteiger partial charge < -0.3 is 10.1 Å². The number of anilines is 1. The number of nitro benzene ring substituents is 1. The number of nitrogens with one attached hydrogen (secondary N) is 1. The van der Waals surface area contributed by atoms with E-state index in [0.717, 1.165) is 29.5 Å². The van der Waals surface area contributed by atoms with Crippen molar-refractivity contribution in [1.82, 2.24) is 0 Å². The number of benzene rings is 2. The first-order chi connectivity index (χ1) is 10.1. The summed E-state index contributed by atoms with van der Waals surface area (Å²) in [5.74, 6) is 0.244. The third kappa shape index (κ3) is 3.68. The largest absolute Gasteiger partial charge is 0.496 e. The Labute approximate surface area is 121 Å². The molecular weight excluding hydrogens is 275 g/mol. The second-order valence-electron chi connectivity index (χ2n) is 4.41. The highest BCUT2D eigenvalue weighted by atomic mass is 19.1. The van der Waals surface area contributed by atoms with Gasteiger partial charge in [0.25, 0.3) is 5.69 Å². The fourth-order valence-corrected chi connectivity index (χ4v) is 2.05. The molecule has 0 radical (unpaired) electrons. The molecule has 0 aliphatic heterocycles. The summed E-state index contributed by atoms with van der Waals surface area (Å²) >= 11 is 0. The minimum atomic E-state index is -0.537. The van der Waals surface area contributed by atoms with Crippen LogP contribution in [0, 0.1) is 15.9 Å². The molecule has 0 aliphatic rings. The molecule has 0 aromatic heterocycles. The van der Waals surface area contributed by atoms with Crippen LogP contribution in [0.3, 0.4) is 0 Å². The summed E-state index contributed by atoms with van der Waals surface area (Å²) in [6.07, 6.45) is 0.609. The molecule has 0 bridgehead atoms. The van der Waals surface area contributed by atoms with Gasteiger partial charge in [-0.05, 0) is 24.1 Å². The van der Waals surface area contributed by atoms with Crippen molar-refractivity contribution in [3.8, 4) is 5.75 Å².